The highest BCUT2D eigenvalue weighted by atomic mass is 16.5. The van der Waals surface area contributed by atoms with Crippen LogP contribution in [0.5, 0.6) is 0 Å². The normalized spacial score (nSPS) is 14.7. The molecule has 4 aromatic rings. The Kier molecular flexibility index (Phi) is 10.0. The smallest absolute Gasteiger partial charge is 0.252 e. The molecular formula is C35H42N4O3. The van der Waals surface area contributed by atoms with Crippen molar-refractivity contribution in [2.24, 2.45) is 0 Å². The van der Waals surface area contributed by atoms with E-state index in [1.54, 1.807) is 13.3 Å². The van der Waals surface area contributed by atoms with Gasteiger partial charge in [0.1, 0.15) is 6.61 Å². The van der Waals surface area contributed by atoms with Crippen LogP contribution in [0.1, 0.15) is 56.6 Å². The Morgan fingerprint density at radius 1 is 0.905 bits per heavy atom. The topological polar surface area (TPSA) is 67.7 Å². The van der Waals surface area contributed by atoms with E-state index in [0.717, 1.165) is 61.0 Å². The van der Waals surface area contributed by atoms with E-state index in [9.17, 15) is 9.59 Å². The molecule has 0 radical (unpaired) electrons. The van der Waals surface area contributed by atoms with Crippen molar-refractivity contribution < 1.29 is 14.3 Å². The van der Waals surface area contributed by atoms with Crippen LogP contribution in [0.3, 0.4) is 0 Å². The number of carbonyl (C=O) groups is 2. The van der Waals surface area contributed by atoms with E-state index in [4.69, 9.17) is 4.74 Å². The van der Waals surface area contributed by atoms with Gasteiger partial charge in [0.15, 0.2) is 0 Å². The molecule has 1 aliphatic rings. The van der Waals surface area contributed by atoms with E-state index in [1.807, 2.05) is 40.3 Å². The molecule has 2 amide bonds. The summed E-state index contributed by atoms with van der Waals surface area (Å²) < 4.78 is 7.50. The largest absolute Gasteiger partial charge is 0.375 e. The highest BCUT2D eigenvalue weighted by Crippen LogP contribution is 2.30. The summed E-state index contributed by atoms with van der Waals surface area (Å²) in [6, 6.07) is 18.6. The van der Waals surface area contributed by atoms with Crippen molar-refractivity contribution in [2.45, 2.75) is 65.0 Å². The van der Waals surface area contributed by atoms with Crippen molar-refractivity contribution in [2.75, 3.05) is 31.7 Å². The molecule has 0 fully saturated rings. The lowest BCUT2D eigenvalue weighted by molar-refractivity contribution is -0.131. The van der Waals surface area contributed by atoms with Gasteiger partial charge in [-0.25, -0.2) is 0 Å². The van der Waals surface area contributed by atoms with Crippen molar-refractivity contribution in [3.63, 3.8) is 0 Å². The molecule has 1 aliphatic heterocycles. The fourth-order valence-corrected chi connectivity index (χ4v) is 6.05. The second kappa shape index (κ2) is 14.3. The number of amides is 2. The zero-order valence-electron chi connectivity index (χ0n) is 24.9. The maximum atomic E-state index is 13.9. The minimum atomic E-state index is -0.0601. The Labute approximate surface area is 249 Å². The standard InChI is InChI=1S/C35H42N4O3/c1-3-37-24-29(31-13-7-8-14-33(31)37)16-18-34(40)38-20-9-5-4-6-10-21-39(35(41)26-42-2)32-17-15-27(22-30(32)25-38)28-12-11-19-36-23-28/h7-8,11-15,17,19,22-24H,3-6,9-10,16,18,20-21,25-26H2,1-2H3. The molecule has 7 nitrogen and oxygen atoms in total. The second-order valence-electron chi connectivity index (χ2n) is 11.1. The Morgan fingerprint density at radius 2 is 1.71 bits per heavy atom. The Bertz CT molecular complexity index is 1500. The molecule has 0 N–H and O–H groups in total. The second-order valence-corrected chi connectivity index (χ2v) is 11.1. The maximum absolute atomic E-state index is 13.9. The third-order valence-electron chi connectivity index (χ3n) is 8.28. The number of nitrogens with zero attached hydrogens (tertiary/aromatic N) is 4. The summed E-state index contributed by atoms with van der Waals surface area (Å²) >= 11 is 0. The molecule has 0 atom stereocenters. The van der Waals surface area contributed by atoms with Crippen LogP contribution in [0.4, 0.5) is 5.69 Å². The van der Waals surface area contributed by atoms with E-state index in [-0.39, 0.29) is 18.4 Å². The van der Waals surface area contributed by atoms with Gasteiger partial charge < -0.3 is 19.1 Å². The lowest BCUT2D eigenvalue weighted by Crippen LogP contribution is -2.37. The van der Waals surface area contributed by atoms with Crippen LogP contribution < -0.4 is 4.90 Å². The highest BCUT2D eigenvalue weighted by Gasteiger charge is 2.23. The lowest BCUT2D eigenvalue weighted by Gasteiger charge is -2.30. The van der Waals surface area contributed by atoms with Crippen molar-refractivity contribution in [3.8, 4) is 11.1 Å². The first-order valence-electron chi connectivity index (χ1n) is 15.3. The summed E-state index contributed by atoms with van der Waals surface area (Å²) in [5, 5.41) is 1.22. The molecule has 7 heteroatoms. The monoisotopic (exact) mass is 566 g/mol. The number of benzene rings is 2. The van der Waals surface area contributed by atoms with Gasteiger partial charge in [-0.15, -0.1) is 0 Å². The SMILES string of the molecule is CCn1cc(CCC(=O)N2CCCCCCCN(C(=O)COC)c3ccc(-c4cccnc4)cc3C2)c2ccccc21. The van der Waals surface area contributed by atoms with Gasteiger partial charge >= 0.3 is 0 Å². The predicted molar refractivity (Wildman–Crippen MR) is 168 cm³/mol. The lowest BCUT2D eigenvalue weighted by atomic mass is 10.0. The van der Waals surface area contributed by atoms with Gasteiger partial charge in [0, 0.05) is 74.9 Å². The van der Waals surface area contributed by atoms with Crippen LogP contribution in [-0.2, 0) is 33.8 Å². The van der Waals surface area contributed by atoms with Gasteiger partial charge in [0.25, 0.3) is 5.91 Å². The molecule has 0 bridgehead atoms. The van der Waals surface area contributed by atoms with E-state index in [1.165, 1.54) is 16.5 Å². The first-order valence-corrected chi connectivity index (χ1v) is 15.3. The average Bonchev–Trinajstić information content (AvgIpc) is 3.38. The van der Waals surface area contributed by atoms with Crippen molar-refractivity contribution >= 4 is 28.4 Å². The molecule has 220 valence electrons. The van der Waals surface area contributed by atoms with Gasteiger partial charge in [-0.2, -0.15) is 0 Å². The number of para-hydroxylation sites is 1. The molecule has 3 heterocycles. The third kappa shape index (κ3) is 6.90. The van der Waals surface area contributed by atoms with Crippen LogP contribution in [-0.4, -0.2) is 53.1 Å². The number of fused-ring (bicyclic) bond motifs is 2. The molecule has 0 unspecified atom stereocenters. The number of carbonyl (C=O) groups excluding carboxylic acids is 2. The minimum Gasteiger partial charge on any atom is -0.375 e. The first kappa shape index (κ1) is 29.5. The van der Waals surface area contributed by atoms with Crippen LogP contribution >= 0.6 is 0 Å². The molecule has 0 saturated heterocycles. The summed E-state index contributed by atoms with van der Waals surface area (Å²) in [5.74, 6) is 0.0861. The molecule has 0 aliphatic carbocycles. The highest BCUT2D eigenvalue weighted by molar-refractivity contribution is 5.95. The Morgan fingerprint density at radius 3 is 2.50 bits per heavy atom. The van der Waals surface area contributed by atoms with Gasteiger partial charge in [-0.1, -0.05) is 49.6 Å². The van der Waals surface area contributed by atoms with Crippen LogP contribution in [0.25, 0.3) is 22.0 Å². The van der Waals surface area contributed by atoms with Crippen LogP contribution in [0.15, 0.2) is 73.2 Å². The van der Waals surface area contributed by atoms with Gasteiger partial charge in [-0.05, 0) is 72.7 Å². The third-order valence-corrected chi connectivity index (χ3v) is 8.28. The molecule has 42 heavy (non-hydrogen) atoms. The summed E-state index contributed by atoms with van der Waals surface area (Å²) in [5.41, 5.74) is 6.28. The van der Waals surface area contributed by atoms with Crippen molar-refractivity contribution in [1.29, 1.82) is 0 Å². The van der Waals surface area contributed by atoms with Gasteiger partial charge in [0.2, 0.25) is 5.91 Å². The minimum absolute atomic E-state index is 0.0256. The fraction of sp³-hybridized carbons (Fsp3) is 0.400. The maximum Gasteiger partial charge on any atom is 0.252 e. The Hall–Kier alpha value is -3.97. The molecule has 2 aromatic carbocycles. The summed E-state index contributed by atoms with van der Waals surface area (Å²) in [7, 11) is 1.55. The number of pyridine rings is 1. The summed E-state index contributed by atoms with van der Waals surface area (Å²) in [4.78, 5) is 35.3. The van der Waals surface area contributed by atoms with E-state index >= 15 is 0 Å². The molecule has 5 rings (SSSR count). The molecular weight excluding hydrogens is 524 g/mol. The number of hydrogen-bond donors (Lipinski definition) is 0. The number of aryl methyl sites for hydroxylation is 2. The van der Waals surface area contributed by atoms with Crippen molar-refractivity contribution in [3.05, 3.63) is 84.3 Å². The number of aromatic nitrogens is 2. The van der Waals surface area contributed by atoms with Gasteiger partial charge in [0.05, 0.1) is 0 Å². The predicted octanol–water partition coefficient (Wildman–Crippen LogP) is 6.63. The van der Waals surface area contributed by atoms with Crippen molar-refractivity contribution in [1.82, 2.24) is 14.5 Å². The number of rotatable bonds is 7. The van der Waals surface area contributed by atoms with E-state index < -0.39 is 0 Å². The quantitative estimate of drug-likeness (QED) is 0.252. The number of ether oxygens (including phenoxy) is 1. The number of anilines is 1. The fourth-order valence-electron chi connectivity index (χ4n) is 6.05. The summed E-state index contributed by atoms with van der Waals surface area (Å²) in [6.07, 6.45) is 12.1. The molecule has 0 spiro atoms. The zero-order valence-corrected chi connectivity index (χ0v) is 24.9. The van der Waals surface area contributed by atoms with Crippen LogP contribution in [0.2, 0.25) is 0 Å². The van der Waals surface area contributed by atoms with Gasteiger partial charge in [-0.3, -0.25) is 14.6 Å². The zero-order chi connectivity index (χ0) is 29.3. The summed E-state index contributed by atoms with van der Waals surface area (Å²) in [6.45, 7) is 4.87. The average molecular weight is 567 g/mol. The van der Waals surface area contributed by atoms with E-state index in [2.05, 4.69) is 53.0 Å². The first-order chi connectivity index (χ1) is 20.6. The number of hydrogen-bond acceptors (Lipinski definition) is 4. The Balaban J connectivity index is 1.46. The van der Waals surface area contributed by atoms with Crippen LogP contribution in [0, 0.1) is 0 Å². The molecule has 0 saturated carbocycles. The molecule has 2 aromatic heterocycles. The number of methoxy groups -OCH3 is 1. The van der Waals surface area contributed by atoms with E-state index in [0.29, 0.717) is 32.5 Å².